The summed E-state index contributed by atoms with van der Waals surface area (Å²) in [6.45, 7) is 7.27. The van der Waals surface area contributed by atoms with Gasteiger partial charge in [-0.2, -0.15) is 4.31 Å². The van der Waals surface area contributed by atoms with Crippen LogP contribution in [0.4, 0.5) is 0 Å². The summed E-state index contributed by atoms with van der Waals surface area (Å²) in [6.07, 6.45) is 4.41. The highest BCUT2D eigenvalue weighted by molar-refractivity contribution is 7.89. The van der Waals surface area contributed by atoms with Gasteiger partial charge in [0.25, 0.3) is 5.91 Å². The first kappa shape index (κ1) is 19.6. The lowest BCUT2D eigenvalue weighted by atomic mass is 10.2. The molecule has 1 amide bonds. The molecule has 0 aromatic heterocycles. The van der Waals surface area contributed by atoms with E-state index < -0.39 is 10.0 Å². The van der Waals surface area contributed by atoms with E-state index in [-0.39, 0.29) is 10.8 Å². The Morgan fingerprint density at radius 1 is 1.00 bits per heavy atom. The minimum Gasteiger partial charge on any atom is -0.352 e. The molecule has 1 rings (SSSR count). The number of nitrogens with zero attached hydrogens (tertiary/aromatic N) is 1. The molecule has 1 N–H and O–H groups in total. The summed E-state index contributed by atoms with van der Waals surface area (Å²) >= 11 is 0. The smallest absolute Gasteiger partial charge is 0.251 e. The van der Waals surface area contributed by atoms with E-state index in [1.54, 1.807) is 26.0 Å². The molecular weight excluding hydrogens is 312 g/mol. The zero-order valence-electron chi connectivity index (χ0n) is 14.3. The van der Waals surface area contributed by atoms with Crippen LogP contribution in [0.5, 0.6) is 0 Å². The standard InChI is InChI=1S/C17H28N2O3S/c1-4-7-8-9-14-18-17(20)15-10-12-16(13-11-15)23(21,22)19(5-2)6-3/h10-13H,4-9,14H2,1-3H3,(H,18,20). The fourth-order valence-corrected chi connectivity index (χ4v) is 3.80. The average Bonchev–Trinajstić information content (AvgIpc) is 2.55. The minimum absolute atomic E-state index is 0.159. The average molecular weight is 340 g/mol. The number of hydrogen-bond acceptors (Lipinski definition) is 3. The van der Waals surface area contributed by atoms with E-state index in [2.05, 4.69) is 12.2 Å². The number of sulfonamides is 1. The third kappa shape index (κ3) is 5.62. The SMILES string of the molecule is CCCCCCNC(=O)c1ccc(S(=O)(=O)N(CC)CC)cc1. The summed E-state index contributed by atoms with van der Waals surface area (Å²) in [5.41, 5.74) is 0.485. The predicted octanol–water partition coefficient (Wildman–Crippen LogP) is 3.03. The Morgan fingerprint density at radius 3 is 2.13 bits per heavy atom. The number of unbranched alkanes of at least 4 members (excludes halogenated alkanes) is 3. The van der Waals surface area contributed by atoms with Gasteiger partial charge in [-0.3, -0.25) is 4.79 Å². The van der Waals surface area contributed by atoms with Gasteiger partial charge in [0.15, 0.2) is 0 Å². The van der Waals surface area contributed by atoms with Gasteiger partial charge in [-0.1, -0.05) is 40.0 Å². The van der Waals surface area contributed by atoms with Gasteiger partial charge in [-0.25, -0.2) is 8.42 Å². The molecule has 0 aliphatic heterocycles. The normalized spacial score (nSPS) is 11.7. The van der Waals surface area contributed by atoms with Crippen LogP contribution in [0.25, 0.3) is 0 Å². The fourth-order valence-electron chi connectivity index (χ4n) is 2.35. The quantitative estimate of drug-likeness (QED) is 0.666. The summed E-state index contributed by atoms with van der Waals surface area (Å²) in [5.74, 6) is -0.159. The molecule has 1 aromatic rings. The molecule has 0 fully saturated rings. The second kappa shape index (κ2) is 9.67. The number of benzene rings is 1. The maximum atomic E-state index is 12.4. The highest BCUT2D eigenvalue weighted by Gasteiger charge is 2.21. The van der Waals surface area contributed by atoms with E-state index in [4.69, 9.17) is 0 Å². The van der Waals surface area contributed by atoms with Crippen LogP contribution in [0.3, 0.4) is 0 Å². The van der Waals surface area contributed by atoms with E-state index in [0.29, 0.717) is 25.2 Å². The van der Waals surface area contributed by atoms with Gasteiger partial charge < -0.3 is 5.32 Å². The Hall–Kier alpha value is -1.40. The van der Waals surface area contributed by atoms with Crippen molar-refractivity contribution in [2.75, 3.05) is 19.6 Å². The number of rotatable bonds is 10. The van der Waals surface area contributed by atoms with E-state index >= 15 is 0 Å². The summed E-state index contributed by atoms with van der Waals surface area (Å²) in [5, 5.41) is 2.86. The molecule has 0 spiro atoms. The lowest BCUT2D eigenvalue weighted by Crippen LogP contribution is -2.30. The van der Waals surface area contributed by atoms with Crippen LogP contribution in [0, 0.1) is 0 Å². The van der Waals surface area contributed by atoms with Gasteiger partial charge in [0.1, 0.15) is 0 Å². The molecule has 23 heavy (non-hydrogen) atoms. The third-order valence-electron chi connectivity index (χ3n) is 3.78. The van der Waals surface area contributed by atoms with Gasteiger partial charge >= 0.3 is 0 Å². The lowest BCUT2D eigenvalue weighted by molar-refractivity contribution is 0.0953. The maximum Gasteiger partial charge on any atom is 0.251 e. The zero-order valence-corrected chi connectivity index (χ0v) is 15.2. The Kier molecular flexibility index (Phi) is 8.26. The molecule has 1 aromatic carbocycles. The molecule has 130 valence electrons. The van der Waals surface area contributed by atoms with E-state index in [0.717, 1.165) is 19.3 Å². The summed E-state index contributed by atoms with van der Waals surface area (Å²) in [4.78, 5) is 12.2. The molecule has 0 saturated heterocycles. The van der Waals surface area contributed by atoms with Crippen molar-refractivity contribution in [1.29, 1.82) is 0 Å². The van der Waals surface area contributed by atoms with Crippen LogP contribution in [0.15, 0.2) is 29.2 Å². The second-order valence-electron chi connectivity index (χ2n) is 5.43. The Labute approximate surface area is 140 Å². The Balaban J connectivity index is 2.67. The van der Waals surface area contributed by atoms with E-state index in [1.807, 2.05) is 0 Å². The maximum absolute atomic E-state index is 12.4. The summed E-state index contributed by atoms with van der Waals surface area (Å²) < 4.78 is 26.1. The zero-order chi connectivity index (χ0) is 17.3. The molecule has 0 atom stereocenters. The molecular formula is C17H28N2O3S. The highest BCUT2D eigenvalue weighted by Crippen LogP contribution is 2.16. The van der Waals surface area contributed by atoms with E-state index in [9.17, 15) is 13.2 Å². The van der Waals surface area contributed by atoms with Crippen molar-refractivity contribution in [2.45, 2.75) is 51.3 Å². The van der Waals surface area contributed by atoms with Crippen molar-refractivity contribution in [3.8, 4) is 0 Å². The molecule has 0 aliphatic carbocycles. The van der Waals surface area contributed by atoms with Crippen molar-refractivity contribution >= 4 is 15.9 Å². The number of nitrogens with one attached hydrogen (secondary N) is 1. The van der Waals surface area contributed by atoms with Crippen LogP contribution >= 0.6 is 0 Å². The molecule has 0 radical (unpaired) electrons. The molecule has 0 unspecified atom stereocenters. The first-order valence-electron chi connectivity index (χ1n) is 8.35. The monoisotopic (exact) mass is 340 g/mol. The van der Waals surface area contributed by atoms with Gasteiger partial charge in [-0.05, 0) is 30.7 Å². The molecule has 0 bridgehead atoms. The molecule has 0 saturated carbocycles. The number of hydrogen-bond donors (Lipinski definition) is 1. The largest absolute Gasteiger partial charge is 0.352 e. The molecule has 6 heteroatoms. The van der Waals surface area contributed by atoms with Crippen molar-refractivity contribution in [2.24, 2.45) is 0 Å². The van der Waals surface area contributed by atoms with Crippen LogP contribution in [0.2, 0.25) is 0 Å². The molecule has 0 aliphatic rings. The van der Waals surface area contributed by atoms with Gasteiger partial charge in [-0.15, -0.1) is 0 Å². The van der Waals surface area contributed by atoms with Crippen LogP contribution in [-0.4, -0.2) is 38.3 Å². The van der Waals surface area contributed by atoms with Crippen LogP contribution in [0.1, 0.15) is 56.8 Å². The summed E-state index contributed by atoms with van der Waals surface area (Å²) in [6, 6.07) is 6.13. The highest BCUT2D eigenvalue weighted by atomic mass is 32.2. The van der Waals surface area contributed by atoms with Crippen molar-refractivity contribution in [3.63, 3.8) is 0 Å². The van der Waals surface area contributed by atoms with E-state index in [1.165, 1.54) is 22.9 Å². The Morgan fingerprint density at radius 2 is 1.61 bits per heavy atom. The van der Waals surface area contributed by atoms with Crippen molar-refractivity contribution in [1.82, 2.24) is 9.62 Å². The first-order chi connectivity index (χ1) is 11.0. The topological polar surface area (TPSA) is 66.5 Å². The number of carbonyl (C=O) groups is 1. The fraction of sp³-hybridized carbons (Fsp3) is 0.588. The van der Waals surface area contributed by atoms with Crippen LogP contribution in [-0.2, 0) is 10.0 Å². The molecule has 0 heterocycles. The number of carbonyl (C=O) groups excluding carboxylic acids is 1. The minimum atomic E-state index is -3.47. The second-order valence-corrected chi connectivity index (χ2v) is 7.37. The third-order valence-corrected chi connectivity index (χ3v) is 5.84. The number of amides is 1. The van der Waals surface area contributed by atoms with Gasteiger partial charge in [0, 0.05) is 25.2 Å². The van der Waals surface area contributed by atoms with Gasteiger partial charge in [0.05, 0.1) is 4.90 Å². The summed E-state index contributed by atoms with van der Waals surface area (Å²) in [7, 11) is -3.47. The molecule has 5 nitrogen and oxygen atoms in total. The van der Waals surface area contributed by atoms with Crippen molar-refractivity contribution in [3.05, 3.63) is 29.8 Å². The van der Waals surface area contributed by atoms with Gasteiger partial charge in [0.2, 0.25) is 10.0 Å². The lowest BCUT2D eigenvalue weighted by Gasteiger charge is -2.18. The predicted molar refractivity (Wildman–Crippen MR) is 93.0 cm³/mol. The first-order valence-corrected chi connectivity index (χ1v) is 9.79. The van der Waals surface area contributed by atoms with Crippen molar-refractivity contribution < 1.29 is 13.2 Å². The van der Waals surface area contributed by atoms with Crippen LogP contribution < -0.4 is 5.32 Å². The Bertz CT molecular complexity index is 578.